The fraction of sp³-hybridized carbons (Fsp3) is 0.471. The lowest BCUT2D eigenvalue weighted by Crippen LogP contribution is -2.32. The van der Waals surface area contributed by atoms with Gasteiger partial charge >= 0.3 is 0 Å². The Hall–Kier alpha value is -1.81. The third-order valence-corrected chi connectivity index (χ3v) is 4.58. The zero-order chi connectivity index (χ0) is 14.2. The Morgan fingerprint density at radius 2 is 1.76 bits per heavy atom. The van der Waals surface area contributed by atoms with Gasteiger partial charge < -0.3 is 9.47 Å². The summed E-state index contributed by atoms with van der Waals surface area (Å²) < 4.78 is 4.50. The molecule has 110 valence electrons. The Morgan fingerprint density at radius 3 is 2.57 bits per heavy atom. The van der Waals surface area contributed by atoms with Crippen LogP contribution in [0.1, 0.15) is 25.0 Å². The number of fused-ring (bicyclic) bond motifs is 3. The van der Waals surface area contributed by atoms with Crippen LogP contribution in [0.2, 0.25) is 0 Å². The van der Waals surface area contributed by atoms with E-state index in [4.69, 9.17) is 0 Å². The minimum absolute atomic E-state index is 1.04. The Balaban J connectivity index is 1.71. The predicted octanol–water partition coefficient (Wildman–Crippen LogP) is 3.08. The van der Waals surface area contributed by atoms with E-state index in [0.717, 1.165) is 18.8 Å². The van der Waals surface area contributed by atoms with Crippen molar-refractivity contribution in [1.29, 1.82) is 0 Å². The van der Waals surface area contributed by atoms with E-state index in [0.29, 0.717) is 0 Å². The second-order valence-electron chi connectivity index (χ2n) is 6.10. The lowest BCUT2D eigenvalue weighted by Gasteiger charge is -2.26. The Labute approximate surface area is 125 Å². The van der Waals surface area contributed by atoms with Gasteiger partial charge in [0.05, 0.1) is 16.7 Å². The van der Waals surface area contributed by atoms with Gasteiger partial charge in [-0.15, -0.1) is 0 Å². The summed E-state index contributed by atoms with van der Waals surface area (Å²) in [6, 6.07) is 10.8. The summed E-state index contributed by atoms with van der Waals surface area (Å²) in [6.07, 6.45) is 4.11. The molecule has 1 aromatic carbocycles. The van der Waals surface area contributed by atoms with Crippen LogP contribution in [0.5, 0.6) is 0 Å². The molecule has 4 rings (SSSR count). The number of piperidine rings is 1. The van der Waals surface area contributed by atoms with Gasteiger partial charge in [-0.3, -0.25) is 0 Å². The van der Waals surface area contributed by atoms with Crippen molar-refractivity contribution in [3.63, 3.8) is 0 Å². The third-order valence-electron chi connectivity index (χ3n) is 4.58. The topological polar surface area (TPSA) is 25.5 Å². The van der Waals surface area contributed by atoms with Crippen molar-refractivity contribution in [1.82, 2.24) is 19.1 Å². The molecule has 21 heavy (non-hydrogen) atoms. The Bertz CT molecular complexity index is 762. The maximum Gasteiger partial charge on any atom is 0.137 e. The van der Waals surface area contributed by atoms with Gasteiger partial charge in [-0.25, -0.2) is 4.52 Å². The lowest BCUT2D eigenvalue weighted by molar-refractivity contribution is 0.222. The molecule has 0 radical (unpaired) electrons. The van der Waals surface area contributed by atoms with Crippen LogP contribution in [-0.4, -0.2) is 38.7 Å². The zero-order valence-corrected chi connectivity index (χ0v) is 12.6. The number of para-hydroxylation sites is 2. The minimum Gasteiger partial charge on any atom is -0.323 e. The number of likely N-dealkylation sites (tertiary alicyclic amines) is 1. The standard InChI is InChI=1S/C17H22N4/c1-14-13-17-20(12-11-19-9-5-2-6-10-19)15-7-3-4-8-16(15)21(17)18-14/h3-4,7-8,13H,2,5-6,9-12H2,1H3. The van der Waals surface area contributed by atoms with Crippen molar-refractivity contribution >= 4 is 16.7 Å². The first kappa shape index (κ1) is 12.9. The van der Waals surface area contributed by atoms with Crippen molar-refractivity contribution < 1.29 is 0 Å². The van der Waals surface area contributed by atoms with Crippen LogP contribution in [0.15, 0.2) is 30.3 Å². The average molecular weight is 282 g/mol. The first-order chi connectivity index (χ1) is 10.3. The lowest BCUT2D eigenvalue weighted by atomic mass is 10.1. The molecule has 0 bridgehead atoms. The first-order valence-electron chi connectivity index (χ1n) is 7.99. The zero-order valence-electron chi connectivity index (χ0n) is 12.6. The molecule has 0 spiro atoms. The van der Waals surface area contributed by atoms with Gasteiger partial charge in [0.25, 0.3) is 0 Å². The number of aryl methyl sites for hydroxylation is 1. The van der Waals surface area contributed by atoms with Crippen LogP contribution >= 0.6 is 0 Å². The van der Waals surface area contributed by atoms with E-state index in [9.17, 15) is 0 Å². The monoisotopic (exact) mass is 282 g/mol. The molecule has 2 aromatic heterocycles. The fourth-order valence-corrected chi connectivity index (χ4v) is 3.51. The number of aromatic nitrogens is 3. The average Bonchev–Trinajstić information content (AvgIpc) is 3.02. The van der Waals surface area contributed by atoms with Crippen molar-refractivity contribution in [3.8, 4) is 0 Å². The minimum atomic E-state index is 1.04. The van der Waals surface area contributed by atoms with E-state index in [1.165, 1.54) is 49.0 Å². The quantitative estimate of drug-likeness (QED) is 0.737. The second kappa shape index (κ2) is 5.19. The van der Waals surface area contributed by atoms with Crippen LogP contribution in [-0.2, 0) is 6.54 Å². The molecule has 0 amide bonds. The summed E-state index contributed by atoms with van der Waals surface area (Å²) in [6.45, 7) is 6.76. The van der Waals surface area contributed by atoms with Crippen LogP contribution < -0.4 is 0 Å². The van der Waals surface area contributed by atoms with Gasteiger partial charge in [-0.2, -0.15) is 5.10 Å². The maximum atomic E-state index is 4.64. The molecular formula is C17H22N4. The summed E-state index contributed by atoms with van der Waals surface area (Å²) in [5.41, 5.74) is 4.80. The van der Waals surface area contributed by atoms with Crippen molar-refractivity contribution in [2.24, 2.45) is 0 Å². The van der Waals surface area contributed by atoms with Crippen LogP contribution in [0.3, 0.4) is 0 Å². The molecular weight excluding hydrogens is 260 g/mol. The van der Waals surface area contributed by atoms with Gasteiger partial charge in [0, 0.05) is 19.2 Å². The summed E-state index contributed by atoms with van der Waals surface area (Å²) in [5.74, 6) is 0. The smallest absolute Gasteiger partial charge is 0.137 e. The molecule has 0 N–H and O–H groups in total. The van der Waals surface area contributed by atoms with Gasteiger partial charge in [0.15, 0.2) is 0 Å². The van der Waals surface area contributed by atoms with Crippen LogP contribution in [0.4, 0.5) is 0 Å². The maximum absolute atomic E-state index is 4.64. The molecule has 1 aliphatic heterocycles. The van der Waals surface area contributed by atoms with E-state index in [1.807, 2.05) is 0 Å². The van der Waals surface area contributed by atoms with E-state index in [2.05, 4.69) is 56.3 Å². The van der Waals surface area contributed by atoms with Crippen molar-refractivity contribution in [3.05, 3.63) is 36.0 Å². The fourth-order valence-electron chi connectivity index (χ4n) is 3.51. The van der Waals surface area contributed by atoms with E-state index in [-0.39, 0.29) is 0 Å². The van der Waals surface area contributed by atoms with E-state index >= 15 is 0 Å². The molecule has 1 saturated heterocycles. The molecule has 0 atom stereocenters. The van der Waals surface area contributed by atoms with Gasteiger partial charge in [0.1, 0.15) is 5.65 Å². The third kappa shape index (κ3) is 2.23. The molecule has 0 saturated carbocycles. The van der Waals surface area contributed by atoms with E-state index in [1.54, 1.807) is 0 Å². The number of nitrogens with zero attached hydrogens (tertiary/aromatic N) is 4. The van der Waals surface area contributed by atoms with Crippen molar-refractivity contribution in [2.75, 3.05) is 19.6 Å². The van der Waals surface area contributed by atoms with Crippen molar-refractivity contribution in [2.45, 2.75) is 32.7 Å². The van der Waals surface area contributed by atoms with Gasteiger partial charge in [-0.05, 0) is 45.0 Å². The van der Waals surface area contributed by atoms with Crippen LogP contribution in [0, 0.1) is 6.92 Å². The Morgan fingerprint density at radius 1 is 1.00 bits per heavy atom. The number of rotatable bonds is 3. The summed E-state index contributed by atoms with van der Waals surface area (Å²) in [4.78, 5) is 2.60. The highest BCUT2D eigenvalue weighted by atomic mass is 15.3. The first-order valence-corrected chi connectivity index (χ1v) is 7.99. The molecule has 1 fully saturated rings. The normalized spacial score (nSPS) is 17.0. The highest BCUT2D eigenvalue weighted by Crippen LogP contribution is 2.21. The molecule has 3 heterocycles. The second-order valence-corrected chi connectivity index (χ2v) is 6.10. The summed E-state index contributed by atoms with van der Waals surface area (Å²) in [5, 5.41) is 4.64. The molecule has 3 aromatic rings. The number of imidazole rings is 1. The van der Waals surface area contributed by atoms with Crippen LogP contribution in [0.25, 0.3) is 16.7 Å². The number of hydrogen-bond donors (Lipinski definition) is 0. The summed E-state index contributed by atoms with van der Waals surface area (Å²) >= 11 is 0. The van der Waals surface area contributed by atoms with Gasteiger partial charge in [-0.1, -0.05) is 18.6 Å². The molecule has 0 unspecified atom stereocenters. The molecule has 0 aliphatic carbocycles. The number of hydrogen-bond acceptors (Lipinski definition) is 2. The highest BCUT2D eigenvalue weighted by Gasteiger charge is 2.14. The Kier molecular flexibility index (Phi) is 3.19. The SMILES string of the molecule is Cc1cc2n(CCN3CCCCC3)c3ccccc3n2n1. The largest absolute Gasteiger partial charge is 0.323 e. The highest BCUT2D eigenvalue weighted by molar-refractivity contribution is 5.81. The summed E-state index contributed by atoms with van der Waals surface area (Å²) in [7, 11) is 0. The molecule has 1 aliphatic rings. The van der Waals surface area contributed by atoms with E-state index < -0.39 is 0 Å². The predicted molar refractivity (Wildman–Crippen MR) is 85.7 cm³/mol. The van der Waals surface area contributed by atoms with Gasteiger partial charge in [0.2, 0.25) is 0 Å². The molecule has 4 heteroatoms. The number of benzene rings is 1. The molecule has 4 nitrogen and oxygen atoms in total.